The van der Waals surface area contributed by atoms with Crippen LogP contribution >= 0.6 is 0 Å². The van der Waals surface area contributed by atoms with Gasteiger partial charge < -0.3 is 10.3 Å². The lowest BCUT2D eigenvalue weighted by Gasteiger charge is -2.20. The Kier molecular flexibility index (Phi) is 6.34. The molecule has 3 aromatic rings. The lowest BCUT2D eigenvalue weighted by atomic mass is 10.2. The van der Waals surface area contributed by atoms with E-state index < -0.39 is 10.0 Å². The summed E-state index contributed by atoms with van der Waals surface area (Å²) < 4.78 is 27.1. The number of fused-ring (bicyclic) bond motifs is 1. The van der Waals surface area contributed by atoms with Crippen molar-refractivity contribution in [2.24, 2.45) is 0 Å². The van der Waals surface area contributed by atoms with Crippen LogP contribution in [0, 0.1) is 6.92 Å². The van der Waals surface area contributed by atoms with E-state index in [1.165, 1.54) is 10.4 Å². The van der Waals surface area contributed by atoms with Gasteiger partial charge in [0.2, 0.25) is 15.9 Å². The molecule has 0 radical (unpaired) electrons. The average molecular weight is 415 g/mol. The van der Waals surface area contributed by atoms with E-state index in [0.717, 1.165) is 16.9 Å². The molecular weight excluding hydrogens is 388 g/mol. The quantitative estimate of drug-likeness (QED) is 0.590. The van der Waals surface area contributed by atoms with Crippen molar-refractivity contribution in [3.8, 4) is 0 Å². The number of aromatic nitrogens is 2. The van der Waals surface area contributed by atoms with Crippen LogP contribution in [-0.2, 0) is 21.2 Å². The van der Waals surface area contributed by atoms with Crippen LogP contribution in [0.5, 0.6) is 0 Å². The number of amides is 1. The normalized spacial score (nSPS) is 11.9. The van der Waals surface area contributed by atoms with E-state index in [4.69, 9.17) is 0 Å². The van der Waals surface area contributed by atoms with Crippen LogP contribution in [0.4, 0.5) is 5.69 Å². The minimum atomic E-state index is -3.59. The summed E-state index contributed by atoms with van der Waals surface area (Å²) in [6, 6.07) is 12.7. The van der Waals surface area contributed by atoms with Gasteiger partial charge in [-0.1, -0.05) is 32.0 Å². The summed E-state index contributed by atoms with van der Waals surface area (Å²) in [5, 5.41) is 2.80. The summed E-state index contributed by atoms with van der Waals surface area (Å²) in [4.78, 5) is 20.3. The molecule has 1 amide bonds. The molecule has 1 aromatic heterocycles. The number of anilines is 1. The molecule has 0 aliphatic rings. The van der Waals surface area contributed by atoms with Gasteiger partial charge in [-0.2, -0.15) is 4.31 Å². The number of benzene rings is 2. The monoisotopic (exact) mass is 414 g/mol. The first kappa shape index (κ1) is 21.0. The highest BCUT2D eigenvalue weighted by Gasteiger charge is 2.24. The maximum absolute atomic E-state index is 12.9. The number of rotatable bonds is 8. The van der Waals surface area contributed by atoms with Crippen molar-refractivity contribution < 1.29 is 13.2 Å². The number of carbonyl (C=O) groups excluding carboxylic acids is 1. The van der Waals surface area contributed by atoms with Gasteiger partial charge in [0.05, 0.1) is 15.9 Å². The number of sulfonamides is 1. The summed E-state index contributed by atoms with van der Waals surface area (Å²) in [5.74, 6) is 0.551. The zero-order valence-corrected chi connectivity index (χ0v) is 17.7. The van der Waals surface area contributed by atoms with Crippen LogP contribution in [-0.4, -0.2) is 41.7 Å². The second-order valence-electron chi connectivity index (χ2n) is 6.82. The second-order valence-corrected chi connectivity index (χ2v) is 8.72. The van der Waals surface area contributed by atoms with Crippen molar-refractivity contribution in [2.75, 3.05) is 18.4 Å². The largest absolute Gasteiger partial charge is 0.342 e. The SMILES string of the molecule is CCN(CC)S(=O)(=O)c1cc(NC(=O)CCc2nc3ccccc3[nH]2)ccc1C. The Balaban J connectivity index is 1.70. The van der Waals surface area contributed by atoms with Gasteiger partial charge in [-0.05, 0) is 36.8 Å². The van der Waals surface area contributed by atoms with E-state index in [1.54, 1.807) is 32.9 Å². The van der Waals surface area contributed by atoms with Crippen LogP contribution in [0.3, 0.4) is 0 Å². The zero-order valence-electron chi connectivity index (χ0n) is 16.9. The number of carbonyl (C=O) groups is 1. The highest BCUT2D eigenvalue weighted by atomic mass is 32.2. The fraction of sp³-hybridized carbons (Fsp3) is 0.333. The Morgan fingerprint density at radius 2 is 1.86 bits per heavy atom. The third-order valence-electron chi connectivity index (χ3n) is 4.82. The van der Waals surface area contributed by atoms with E-state index in [2.05, 4.69) is 15.3 Å². The third-order valence-corrected chi connectivity index (χ3v) is 7.01. The predicted molar refractivity (Wildman–Crippen MR) is 114 cm³/mol. The van der Waals surface area contributed by atoms with Gasteiger partial charge in [-0.3, -0.25) is 4.79 Å². The molecule has 8 heteroatoms. The molecule has 2 N–H and O–H groups in total. The van der Waals surface area contributed by atoms with Crippen LogP contribution in [0.25, 0.3) is 11.0 Å². The molecule has 0 saturated carbocycles. The van der Waals surface area contributed by atoms with Gasteiger partial charge in [0.1, 0.15) is 5.82 Å². The Bertz CT molecular complexity index is 1080. The van der Waals surface area contributed by atoms with Crippen molar-refractivity contribution in [2.45, 2.75) is 38.5 Å². The molecule has 0 unspecified atom stereocenters. The van der Waals surface area contributed by atoms with Crippen molar-refractivity contribution in [1.29, 1.82) is 0 Å². The average Bonchev–Trinajstić information content (AvgIpc) is 3.11. The minimum Gasteiger partial charge on any atom is -0.342 e. The van der Waals surface area contributed by atoms with E-state index in [-0.39, 0.29) is 17.2 Å². The molecule has 2 aromatic carbocycles. The number of imidazole rings is 1. The molecule has 154 valence electrons. The molecule has 29 heavy (non-hydrogen) atoms. The number of nitrogens with zero attached hydrogens (tertiary/aromatic N) is 2. The predicted octanol–water partition coefficient (Wildman–Crippen LogP) is 3.47. The molecule has 0 aliphatic heterocycles. The minimum absolute atomic E-state index is 0.194. The van der Waals surface area contributed by atoms with Crippen molar-refractivity contribution >= 4 is 32.7 Å². The first-order chi connectivity index (χ1) is 13.8. The number of nitrogens with one attached hydrogen (secondary N) is 2. The summed E-state index contributed by atoms with van der Waals surface area (Å²) in [6.07, 6.45) is 0.711. The van der Waals surface area contributed by atoms with Crippen molar-refractivity contribution in [3.63, 3.8) is 0 Å². The van der Waals surface area contributed by atoms with Gasteiger partial charge >= 0.3 is 0 Å². The van der Waals surface area contributed by atoms with Crippen LogP contribution in [0.2, 0.25) is 0 Å². The van der Waals surface area contributed by atoms with Gasteiger partial charge in [0.15, 0.2) is 0 Å². The molecule has 7 nitrogen and oxygen atoms in total. The first-order valence-corrected chi connectivity index (χ1v) is 11.1. The molecule has 0 bridgehead atoms. The maximum atomic E-state index is 12.9. The molecular formula is C21H26N4O3S. The highest BCUT2D eigenvalue weighted by Crippen LogP contribution is 2.24. The molecule has 0 atom stereocenters. The number of para-hydroxylation sites is 2. The Morgan fingerprint density at radius 3 is 2.55 bits per heavy atom. The number of hydrogen-bond acceptors (Lipinski definition) is 4. The molecule has 0 saturated heterocycles. The van der Waals surface area contributed by atoms with Crippen LogP contribution in [0.1, 0.15) is 31.7 Å². The second kappa shape index (κ2) is 8.75. The summed E-state index contributed by atoms with van der Waals surface area (Å²) in [7, 11) is -3.59. The van der Waals surface area contributed by atoms with Gasteiger partial charge in [-0.15, -0.1) is 0 Å². The molecule has 0 spiro atoms. The van der Waals surface area contributed by atoms with Crippen LogP contribution in [0.15, 0.2) is 47.4 Å². The Morgan fingerprint density at radius 1 is 1.14 bits per heavy atom. The van der Waals surface area contributed by atoms with Crippen LogP contribution < -0.4 is 5.32 Å². The number of hydrogen-bond donors (Lipinski definition) is 2. The van der Waals surface area contributed by atoms with Crippen molar-refractivity contribution in [1.82, 2.24) is 14.3 Å². The number of aromatic amines is 1. The Hall–Kier alpha value is -2.71. The zero-order chi connectivity index (χ0) is 21.0. The van der Waals surface area contributed by atoms with Gasteiger partial charge in [0.25, 0.3) is 0 Å². The lowest BCUT2D eigenvalue weighted by molar-refractivity contribution is -0.116. The fourth-order valence-electron chi connectivity index (χ4n) is 3.24. The maximum Gasteiger partial charge on any atom is 0.243 e. The number of H-pyrrole nitrogens is 1. The highest BCUT2D eigenvalue weighted by molar-refractivity contribution is 7.89. The summed E-state index contributed by atoms with van der Waals surface area (Å²) in [5.41, 5.74) is 2.92. The molecule has 1 heterocycles. The Labute approximate surface area is 171 Å². The van der Waals surface area contributed by atoms with E-state index in [1.807, 2.05) is 24.3 Å². The topological polar surface area (TPSA) is 95.2 Å². The lowest BCUT2D eigenvalue weighted by Crippen LogP contribution is -2.31. The van der Waals surface area contributed by atoms with Gasteiger partial charge in [0, 0.05) is 31.6 Å². The molecule has 0 aliphatic carbocycles. The standard InChI is InChI=1S/C21H26N4O3S/c1-4-25(5-2)29(27,28)19-14-16(11-10-15(19)3)22-21(26)13-12-20-23-17-8-6-7-9-18(17)24-20/h6-11,14H,4-5,12-13H2,1-3H3,(H,22,26)(H,23,24). The smallest absolute Gasteiger partial charge is 0.243 e. The summed E-state index contributed by atoms with van der Waals surface area (Å²) in [6.45, 7) is 6.16. The van der Waals surface area contributed by atoms with E-state index in [9.17, 15) is 13.2 Å². The summed E-state index contributed by atoms with van der Waals surface area (Å²) >= 11 is 0. The number of aryl methyl sites for hydroxylation is 2. The van der Waals surface area contributed by atoms with E-state index >= 15 is 0 Å². The fourth-order valence-corrected chi connectivity index (χ4v) is 4.95. The third kappa shape index (κ3) is 4.65. The van der Waals surface area contributed by atoms with Crippen molar-refractivity contribution in [3.05, 3.63) is 53.9 Å². The molecule has 0 fully saturated rings. The van der Waals surface area contributed by atoms with E-state index in [0.29, 0.717) is 30.8 Å². The first-order valence-electron chi connectivity index (χ1n) is 9.69. The van der Waals surface area contributed by atoms with Gasteiger partial charge in [-0.25, -0.2) is 13.4 Å². The molecule has 3 rings (SSSR count).